The van der Waals surface area contributed by atoms with Gasteiger partial charge in [0.25, 0.3) is 0 Å². The van der Waals surface area contributed by atoms with Crippen molar-refractivity contribution in [2.45, 2.75) is 12.6 Å². The fraction of sp³-hybridized carbons (Fsp3) is 0.190. The second kappa shape index (κ2) is 7.06. The first-order chi connectivity index (χ1) is 12.8. The van der Waals surface area contributed by atoms with Crippen molar-refractivity contribution in [3.63, 3.8) is 0 Å². The predicted molar refractivity (Wildman–Crippen MR) is 101 cm³/mol. The van der Waals surface area contributed by atoms with E-state index in [1.807, 2.05) is 66.5 Å². The number of nitrogens with one attached hydrogen (secondary N) is 1. The largest absolute Gasteiger partial charge is 0.493 e. The quantitative estimate of drug-likeness (QED) is 0.572. The number of para-hydroxylation sites is 1. The summed E-state index contributed by atoms with van der Waals surface area (Å²) in [6, 6.07) is 18.2. The second-order valence-corrected chi connectivity index (χ2v) is 6.21. The third-order valence-electron chi connectivity index (χ3n) is 4.51. The lowest BCUT2D eigenvalue weighted by atomic mass is 10.1. The van der Waals surface area contributed by atoms with Crippen molar-refractivity contribution in [2.24, 2.45) is 7.05 Å². The molecule has 0 aliphatic carbocycles. The summed E-state index contributed by atoms with van der Waals surface area (Å²) in [6.45, 7) is 0.588. The summed E-state index contributed by atoms with van der Waals surface area (Å²) >= 11 is 0. The summed E-state index contributed by atoms with van der Waals surface area (Å²) in [6.07, 6.45) is 3.78. The Balaban J connectivity index is 1.62. The number of ether oxygens (including phenoxy) is 1. The SMILES string of the molecule is COc1cccc2cc(CNC(c3ccccc3)c3nccn3C)oc12. The summed E-state index contributed by atoms with van der Waals surface area (Å²) in [7, 11) is 3.66. The number of imidazole rings is 1. The summed E-state index contributed by atoms with van der Waals surface area (Å²) in [4.78, 5) is 4.52. The van der Waals surface area contributed by atoms with E-state index < -0.39 is 0 Å². The number of furan rings is 1. The van der Waals surface area contributed by atoms with Crippen LogP contribution in [0.3, 0.4) is 0 Å². The van der Waals surface area contributed by atoms with Gasteiger partial charge in [0, 0.05) is 24.8 Å². The Hall–Kier alpha value is -3.05. The zero-order valence-electron chi connectivity index (χ0n) is 14.8. The van der Waals surface area contributed by atoms with Gasteiger partial charge in [0.05, 0.1) is 19.7 Å². The molecule has 1 unspecified atom stereocenters. The lowest BCUT2D eigenvalue weighted by Gasteiger charge is -2.18. The van der Waals surface area contributed by atoms with Crippen LogP contribution in [-0.4, -0.2) is 16.7 Å². The number of hydrogen-bond acceptors (Lipinski definition) is 4. The van der Waals surface area contributed by atoms with Crippen LogP contribution in [0.15, 0.2) is 71.4 Å². The normalized spacial score (nSPS) is 12.4. The Labute approximate surface area is 152 Å². The molecule has 2 heterocycles. The molecule has 2 aromatic heterocycles. The van der Waals surface area contributed by atoms with Gasteiger partial charge in [-0.3, -0.25) is 5.32 Å². The van der Waals surface area contributed by atoms with Gasteiger partial charge in [-0.25, -0.2) is 4.98 Å². The molecule has 1 N–H and O–H groups in total. The van der Waals surface area contributed by atoms with Crippen molar-refractivity contribution in [1.82, 2.24) is 14.9 Å². The summed E-state index contributed by atoms with van der Waals surface area (Å²) in [5, 5.41) is 4.61. The van der Waals surface area contributed by atoms with Gasteiger partial charge in [0.2, 0.25) is 0 Å². The minimum absolute atomic E-state index is 0.0219. The first-order valence-corrected chi connectivity index (χ1v) is 8.57. The topological polar surface area (TPSA) is 52.2 Å². The van der Waals surface area contributed by atoms with Crippen LogP contribution in [0.1, 0.15) is 23.2 Å². The molecule has 5 heteroatoms. The third kappa shape index (κ3) is 3.09. The van der Waals surface area contributed by atoms with Crippen LogP contribution in [0, 0.1) is 0 Å². The molecule has 5 nitrogen and oxygen atoms in total. The van der Waals surface area contributed by atoms with Crippen LogP contribution in [0.2, 0.25) is 0 Å². The molecule has 4 aromatic rings. The molecule has 0 saturated carbocycles. The van der Waals surface area contributed by atoms with Crippen LogP contribution < -0.4 is 10.1 Å². The highest BCUT2D eigenvalue weighted by atomic mass is 16.5. The van der Waals surface area contributed by atoms with Crippen molar-refractivity contribution < 1.29 is 9.15 Å². The standard InChI is InChI=1S/C21H21N3O2/c1-24-12-11-22-21(24)19(15-7-4-3-5-8-15)23-14-17-13-16-9-6-10-18(25-2)20(16)26-17/h3-13,19,23H,14H2,1-2H3. The zero-order chi connectivity index (χ0) is 17.9. The van der Waals surface area contributed by atoms with Crippen molar-refractivity contribution in [3.8, 4) is 5.75 Å². The van der Waals surface area contributed by atoms with Crippen LogP contribution in [0.4, 0.5) is 0 Å². The van der Waals surface area contributed by atoms with E-state index >= 15 is 0 Å². The smallest absolute Gasteiger partial charge is 0.176 e. The van der Waals surface area contributed by atoms with E-state index in [2.05, 4.69) is 22.4 Å². The summed E-state index contributed by atoms with van der Waals surface area (Å²) in [5.74, 6) is 2.57. The van der Waals surface area contributed by atoms with Crippen molar-refractivity contribution in [3.05, 3.63) is 84.1 Å². The Kier molecular flexibility index (Phi) is 4.46. The summed E-state index contributed by atoms with van der Waals surface area (Å²) < 4.78 is 13.4. The van der Waals surface area contributed by atoms with E-state index in [9.17, 15) is 0 Å². The van der Waals surface area contributed by atoms with E-state index in [-0.39, 0.29) is 6.04 Å². The van der Waals surface area contributed by atoms with Gasteiger partial charge in [0.15, 0.2) is 11.3 Å². The third-order valence-corrected chi connectivity index (χ3v) is 4.51. The molecule has 1 atom stereocenters. The molecule has 0 aliphatic rings. The zero-order valence-corrected chi connectivity index (χ0v) is 14.8. The average molecular weight is 347 g/mol. The van der Waals surface area contributed by atoms with Gasteiger partial charge in [-0.15, -0.1) is 0 Å². The molecule has 0 spiro atoms. The highest BCUT2D eigenvalue weighted by molar-refractivity contribution is 5.83. The molecule has 0 saturated heterocycles. The summed E-state index contributed by atoms with van der Waals surface area (Å²) in [5.41, 5.74) is 1.94. The maximum Gasteiger partial charge on any atom is 0.176 e. The minimum Gasteiger partial charge on any atom is -0.493 e. The van der Waals surface area contributed by atoms with Gasteiger partial charge in [0.1, 0.15) is 11.6 Å². The van der Waals surface area contributed by atoms with E-state index in [1.165, 1.54) is 0 Å². The van der Waals surface area contributed by atoms with Gasteiger partial charge < -0.3 is 13.7 Å². The molecule has 26 heavy (non-hydrogen) atoms. The van der Waals surface area contributed by atoms with E-state index in [0.717, 1.165) is 33.9 Å². The molecular formula is C21H21N3O2. The first kappa shape index (κ1) is 16.4. The first-order valence-electron chi connectivity index (χ1n) is 8.57. The number of methoxy groups -OCH3 is 1. The molecule has 0 fully saturated rings. The highest BCUT2D eigenvalue weighted by Crippen LogP contribution is 2.29. The fourth-order valence-electron chi connectivity index (χ4n) is 3.20. The number of fused-ring (bicyclic) bond motifs is 1. The Morgan fingerprint density at radius 1 is 1.15 bits per heavy atom. The highest BCUT2D eigenvalue weighted by Gasteiger charge is 2.18. The lowest BCUT2D eigenvalue weighted by Crippen LogP contribution is -2.24. The average Bonchev–Trinajstić information content (AvgIpc) is 3.28. The minimum atomic E-state index is -0.0219. The monoisotopic (exact) mass is 347 g/mol. The number of hydrogen-bond donors (Lipinski definition) is 1. The predicted octanol–water partition coefficient (Wildman–Crippen LogP) is 4.05. The van der Waals surface area contributed by atoms with Crippen molar-refractivity contribution in [1.29, 1.82) is 0 Å². The van der Waals surface area contributed by atoms with Crippen molar-refractivity contribution >= 4 is 11.0 Å². The Bertz CT molecular complexity index is 1000. The number of benzene rings is 2. The van der Waals surface area contributed by atoms with Gasteiger partial charge in [-0.1, -0.05) is 42.5 Å². The van der Waals surface area contributed by atoms with Crippen LogP contribution in [-0.2, 0) is 13.6 Å². The van der Waals surface area contributed by atoms with Crippen LogP contribution >= 0.6 is 0 Å². The maximum atomic E-state index is 6.01. The maximum absolute atomic E-state index is 6.01. The van der Waals surface area contributed by atoms with E-state index in [4.69, 9.17) is 9.15 Å². The van der Waals surface area contributed by atoms with Gasteiger partial charge in [-0.2, -0.15) is 0 Å². The molecular weight excluding hydrogens is 326 g/mol. The molecule has 4 rings (SSSR count). The van der Waals surface area contributed by atoms with Crippen molar-refractivity contribution in [2.75, 3.05) is 7.11 Å². The lowest BCUT2D eigenvalue weighted by molar-refractivity contribution is 0.405. The fourth-order valence-corrected chi connectivity index (χ4v) is 3.20. The second-order valence-electron chi connectivity index (χ2n) is 6.21. The Morgan fingerprint density at radius 2 is 2.00 bits per heavy atom. The molecule has 0 amide bonds. The molecule has 132 valence electrons. The molecule has 0 bridgehead atoms. The molecule has 2 aromatic carbocycles. The number of aryl methyl sites for hydroxylation is 1. The van der Waals surface area contributed by atoms with E-state index in [0.29, 0.717) is 6.54 Å². The van der Waals surface area contributed by atoms with Crippen LogP contribution in [0.5, 0.6) is 5.75 Å². The van der Waals surface area contributed by atoms with Gasteiger partial charge >= 0.3 is 0 Å². The number of nitrogens with zero attached hydrogens (tertiary/aromatic N) is 2. The van der Waals surface area contributed by atoms with Gasteiger partial charge in [-0.05, 0) is 17.7 Å². The van der Waals surface area contributed by atoms with E-state index in [1.54, 1.807) is 7.11 Å². The number of aromatic nitrogens is 2. The Morgan fingerprint density at radius 3 is 2.73 bits per heavy atom. The van der Waals surface area contributed by atoms with Crippen LogP contribution in [0.25, 0.3) is 11.0 Å². The molecule has 0 radical (unpaired) electrons. The number of rotatable bonds is 6. The molecule has 0 aliphatic heterocycles.